The van der Waals surface area contributed by atoms with Gasteiger partial charge in [0.25, 0.3) is 5.91 Å². The number of nitrogens with zero attached hydrogens (tertiary/aromatic N) is 3. The molecule has 144 valence electrons. The standard InChI is InChI=1S/C19H10Cl2N4O4/c20-12-4-10(25-18(28)7-16(26)15(8-22)24-25)5-13(21)19(12)29-11-2-1-9-3-17(27)23-14(9)6-11/h1-2,4-6H,3,7H2,(H,23,27). The van der Waals surface area contributed by atoms with Gasteiger partial charge in [-0.15, -0.1) is 0 Å². The van der Waals surface area contributed by atoms with Gasteiger partial charge in [0.15, 0.2) is 5.75 Å². The molecule has 0 saturated heterocycles. The molecule has 0 aliphatic carbocycles. The molecule has 8 nitrogen and oxygen atoms in total. The van der Waals surface area contributed by atoms with E-state index in [0.717, 1.165) is 10.6 Å². The summed E-state index contributed by atoms with van der Waals surface area (Å²) >= 11 is 12.6. The van der Waals surface area contributed by atoms with Gasteiger partial charge in [-0.25, -0.2) is 0 Å². The van der Waals surface area contributed by atoms with Crippen LogP contribution in [0.3, 0.4) is 0 Å². The molecule has 0 spiro atoms. The van der Waals surface area contributed by atoms with Crippen molar-refractivity contribution in [3.63, 3.8) is 0 Å². The second kappa shape index (κ2) is 7.20. The zero-order valence-corrected chi connectivity index (χ0v) is 16.0. The first kappa shape index (κ1) is 18.9. The molecular weight excluding hydrogens is 419 g/mol. The Morgan fingerprint density at radius 3 is 2.52 bits per heavy atom. The zero-order chi connectivity index (χ0) is 20.7. The van der Waals surface area contributed by atoms with Crippen LogP contribution in [0.1, 0.15) is 12.0 Å². The molecule has 2 aliphatic rings. The highest BCUT2D eigenvalue weighted by molar-refractivity contribution is 6.50. The second-order valence-corrected chi connectivity index (χ2v) is 7.06. The van der Waals surface area contributed by atoms with E-state index >= 15 is 0 Å². The molecule has 10 heteroatoms. The number of rotatable bonds is 3. The van der Waals surface area contributed by atoms with Gasteiger partial charge in [-0.05, 0) is 23.8 Å². The maximum Gasteiger partial charge on any atom is 0.255 e. The van der Waals surface area contributed by atoms with E-state index in [-0.39, 0.29) is 33.1 Å². The Morgan fingerprint density at radius 2 is 1.83 bits per heavy atom. The number of benzene rings is 2. The second-order valence-electron chi connectivity index (χ2n) is 6.25. The Bertz CT molecular complexity index is 1150. The molecule has 29 heavy (non-hydrogen) atoms. The van der Waals surface area contributed by atoms with Gasteiger partial charge in [0.05, 0.1) is 28.6 Å². The first-order valence-electron chi connectivity index (χ1n) is 8.30. The lowest BCUT2D eigenvalue weighted by Crippen LogP contribution is -2.36. The SMILES string of the molecule is N#CC1=NN(c2cc(Cl)c(Oc3ccc4c(c3)NC(=O)C4)c(Cl)c2)C(=O)CC1=O. The van der Waals surface area contributed by atoms with Gasteiger partial charge in [0, 0.05) is 11.8 Å². The van der Waals surface area contributed by atoms with Crippen molar-refractivity contribution in [2.45, 2.75) is 12.8 Å². The number of halogens is 2. The summed E-state index contributed by atoms with van der Waals surface area (Å²) in [6.45, 7) is 0. The van der Waals surface area contributed by atoms with Gasteiger partial charge in [0.2, 0.25) is 17.4 Å². The monoisotopic (exact) mass is 428 g/mol. The van der Waals surface area contributed by atoms with E-state index in [4.69, 9.17) is 33.2 Å². The van der Waals surface area contributed by atoms with Crippen molar-refractivity contribution in [2.75, 3.05) is 10.3 Å². The van der Waals surface area contributed by atoms with Crippen molar-refractivity contribution in [1.29, 1.82) is 5.26 Å². The van der Waals surface area contributed by atoms with Crippen LogP contribution in [0.25, 0.3) is 0 Å². The van der Waals surface area contributed by atoms with E-state index in [0.29, 0.717) is 17.9 Å². The van der Waals surface area contributed by atoms with Crippen molar-refractivity contribution in [3.8, 4) is 17.6 Å². The minimum Gasteiger partial charge on any atom is -0.454 e. The normalized spacial score (nSPS) is 15.6. The number of nitriles is 1. The van der Waals surface area contributed by atoms with Crippen LogP contribution < -0.4 is 15.1 Å². The van der Waals surface area contributed by atoms with Crippen LogP contribution in [0.2, 0.25) is 10.0 Å². The third-order valence-corrected chi connectivity index (χ3v) is 4.83. The molecule has 2 aromatic carbocycles. The number of hydrogen-bond donors (Lipinski definition) is 1. The summed E-state index contributed by atoms with van der Waals surface area (Å²) in [6.07, 6.45) is -0.163. The maximum absolute atomic E-state index is 12.1. The minimum absolute atomic E-state index is 0.0930. The van der Waals surface area contributed by atoms with Crippen LogP contribution in [0.15, 0.2) is 35.4 Å². The number of fused-ring (bicyclic) bond motifs is 1. The Labute approximate surface area is 174 Å². The molecule has 4 rings (SSSR count). The highest BCUT2D eigenvalue weighted by atomic mass is 35.5. The number of amides is 2. The van der Waals surface area contributed by atoms with E-state index in [1.807, 2.05) is 0 Å². The largest absolute Gasteiger partial charge is 0.454 e. The van der Waals surface area contributed by atoms with Crippen molar-refractivity contribution in [3.05, 3.63) is 45.9 Å². The summed E-state index contributed by atoms with van der Waals surface area (Å²) in [5.41, 5.74) is 1.33. The summed E-state index contributed by atoms with van der Waals surface area (Å²) in [4.78, 5) is 35.2. The van der Waals surface area contributed by atoms with Crippen LogP contribution in [0.5, 0.6) is 11.5 Å². The molecule has 0 unspecified atom stereocenters. The average molecular weight is 429 g/mol. The highest BCUT2D eigenvalue weighted by Gasteiger charge is 2.29. The van der Waals surface area contributed by atoms with E-state index in [2.05, 4.69) is 10.4 Å². The van der Waals surface area contributed by atoms with E-state index in [1.54, 1.807) is 24.3 Å². The third-order valence-electron chi connectivity index (χ3n) is 4.27. The number of ether oxygens (including phenoxy) is 1. The van der Waals surface area contributed by atoms with Crippen LogP contribution in [0.4, 0.5) is 11.4 Å². The number of hydrogen-bond acceptors (Lipinski definition) is 6. The predicted molar refractivity (Wildman–Crippen MR) is 105 cm³/mol. The molecule has 0 aromatic heterocycles. The molecule has 0 saturated carbocycles. The number of nitrogens with one attached hydrogen (secondary N) is 1. The molecular formula is C19H10Cl2N4O4. The quantitative estimate of drug-likeness (QED) is 0.751. The maximum atomic E-state index is 12.1. The molecule has 0 bridgehead atoms. The summed E-state index contributed by atoms with van der Waals surface area (Å²) < 4.78 is 5.77. The molecule has 2 amide bonds. The van der Waals surface area contributed by atoms with Crippen LogP contribution >= 0.6 is 23.2 Å². The number of ketones is 1. The van der Waals surface area contributed by atoms with Gasteiger partial charge in [-0.3, -0.25) is 14.4 Å². The third kappa shape index (κ3) is 3.53. The first-order valence-corrected chi connectivity index (χ1v) is 9.06. The van der Waals surface area contributed by atoms with Crippen LogP contribution in [-0.4, -0.2) is 23.3 Å². The Hall–Kier alpha value is -3.41. The van der Waals surface area contributed by atoms with Crippen molar-refractivity contribution in [2.24, 2.45) is 5.10 Å². The minimum atomic E-state index is -0.644. The smallest absolute Gasteiger partial charge is 0.255 e. The van der Waals surface area contributed by atoms with E-state index < -0.39 is 18.1 Å². The average Bonchev–Trinajstić information content (AvgIpc) is 3.04. The van der Waals surface area contributed by atoms with E-state index in [9.17, 15) is 14.4 Å². The summed E-state index contributed by atoms with van der Waals surface area (Å²) in [6, 6.07) is 9.55. The predicted octanol–water partition coefficient (Wildman–Crippen LogP) is 3.47. The summed E-state index contributed by atoms with van der Waals surface area (Å²) in [5, 5.41) is 16.6. The highest BCUT2D eigenvalue weighted by Crippen LogP contribution is 2.41. The zero-order valence-electron chi connectivity index (χ0n) is 14.5. The lowest BCUT2D eigenvalue weighted by molar-refractivity contribution is -0.124. The fourth-order valence-corrected chi connectivity index (χ4v) is 3.49. The lowest BCUT2D eigenvalue weighted by Gasteiger charge is -2.22. The molecule has 2 aromatic rings. The molecule has 2 heterocycles. The van der Waals surface area contributed by atoms with Crippen molar-refractivity contribution < 1.29 is 19.1 Å². The lowest BCUT2D eigenvalue weighted by atomic mass is 10.1. The number of carbonyl (C=O) groups is 3. The molecule has 0 fully saturated rings. The summed E-state index contributed by atoms with van der Waals surface area (Å²) in [7, 11) is 0. The molecule has 0 radical (unpaired) electrons. The molecule has 1 N–H and O–H groups in total. The Balaban J connectivity index is 1.65. The van der Waals surface area contributed by atoms with Gasteiger partial charge in [-0.1, -0.05) is 29.3 Å². The topological polar surface area (TPSA) is 112 Å². The fourth-order valence-electron chi connectivity index (χ4n) is 2.94. The number of carbonyl (C=O) groups excluding carboxylic acids is 3. The fraction of sp³-hybridized carbons (Fsp3) is 0.105. The van der Waals surface area contributed by atoms with Crippen molar-refractivity contribution in [1.82, 2.24) is 0 Å². The van der Waals surface area contributed by atoms with Gasteiger partial charge in [-0.2, -0.15) is 15.4 Å². The number of anilines is 2. The van der Waals surface area contributed by atoms with Crippen molar-refractivity contribution >= 4 is 57.9 Å². The van der Waals surface area contributed by atoms with Crippen LogP contribution in [0, 0.1) is 11.3 Å². The van der Waals surface area contributed by atoms with Gasteiger partial charge in [0.1, 0.15) is 11.8 Å². The first-order chi connectivity index (χ1) is 13.9. The Kier molecular flexibility index (Phi) is 4.70. The molecule has 0 atom stereocenters. The van der Waals surface area contributed by atoms with E-state index in [1.165, 1.54) is 12.1 Å². The number of Topliss-reactive ketones (excluding diaryl/α,β-unsaturated/α-hetero) is 1. The van der Waals surface area contributed by atoms with Gasteiger partial charge < -0.3 is 10.1 Å². The molecule has 2 aliphatic heterocycles. The van der Waals surface area contributed by atoms with Gasteiger partial charge >= 0.3 is 0 Å². The van der Waals surface area contributed by atoms with Crippen LogP contribution in [-0.2, 0) is 20.8 Å². The number of hydrazone groups is 1. The summed E-state index contributed by atoms with van der Waals surface area (Å²) in [5.74, 6) is -0.795. The Morgan fingerprint density at radius 1 is 1.10 bits per heavy atom.